The Morgan fingerprint density at radius 2 is 2.06 bits per heavy atom. The lowest BCUT2D eigenvalue weighted by atomic mass is 10.2. The summed E-state index contributed by atoms with van der Waals surface area (Å²) in [5.41, 5.74) is 0.916. The lowest BCUT2D eigenvalue weighted by Gasteiger charge is -2.22. The Labute approximate surface area is 105 Å². The lowest BCUT2D eigenvalue weighted by molar-refractivity contribution is -0.168. The summed E-state index contributed by atoms with van der Waals surface area (Å²) in [5, 5.41) is 0.770. The fourth-order valence-corrected chi connectivity index (χ4v) is 2.14. The molecule has 2 rings (SSSR count). The first-order valence-electron chi connectivity index (χ1n) is 5.29. The highest BCUT2D eigenvalue weighted by Crippen LogP contribution is 2.18. The van der Waals surface area contributed by atoms with E-state index in [-0.39, 0.29) is 6.29 Å². The minimum atomic E-state index is -0.0977. The molecule has 0 aliphatic carbocycles. The predicted molar refractivity (Wildman–Crippen MR) is 62.6 cm³/mol. The zero-order chi connectivity index (χ0) is 11.4. The van der Waals surface area contributed by atoms with Crippen molar-refractivity contribution in [3.05, 3.63) is 28.0 Å². The number of hydrogen-bond donors (Lipinski definition) is 0. The summed E-state index contributed by atoms with van der Waals surface area (Å²) < 4.78 is 11.1. The number of nitrogens with zero attached hydrogens (tertiary/aromatic N) is 1. The van der Waals surface area contributed by atoms with E-state index in [2.05, 4.69) is 4.98 Å². The maximum Gasteiger partial charge on any atom is 0.158 e. The maximum absolute atomic E-state index is 5.79. The second-order valence-corrected chi connectivity index (χ2v) is 4.50. The van der Waals surface area contributed by atoms with Crippen molar-refractivity contribution in [2.75, 3.05) is 6.61 Å². The fourth-order valence-electron chi connectivity index (χ4n) is 1.63. The van der Waals surface area contributed by atoms with Crippen molar-refractivity contribution < 1.29 is 9.47 Å². The SMILES string of the molecule is Clc1cc(COC2CCCCO2)cc(Cl)n1. The van der Waals surface area contributed by atoms with E-state index in [1.165, 1.54) is 0 Å². The molecule has 2 heterocycles. The van der Waals surface area contributed by atoms with E-state index < -0.39 is 0 Å². The second-order valence-electron chi connectivity index (χ2n) is 3.73. The van der Waals surface area contributed by atoms with Crippen molar-refractivity contribution in [1.82, 2.24) is 4.98 Å². The summed E-state index contributed by atoms with van der Waals surface area (Å²) in [4.78, 5) is 3.87. The maximum atomic E-state index is 5.79. The average molecular weight is 262 g/mol. The van der Waals surface area contributed by atoms with Crippen LogP contribution in [0, 0.1) is 0 Å². The van der Waals surface area contributed by atoms with Crippen LogP contribution in [-0.2, 0) is 16.1 Å². The van der Waals surface area contributed by atoms with E-state index in [9.17, 15) is 0 Å². The van der Waals surface area contributed by atoms with Crippen molar-refractivity contribution in [2.24, 2.45) is 0 Å². The monoisotopic (exact) mass is 261 g/mol. The molecule has 0 aromatic carbocycles. The van der Waals surface area contributed by atoms with E-state index in [1.807, 2.05) is 0 Å². The van der Waals surface area contributed by atoms with Gasteiger partial charge in [0.05, 0.1) is 6.61 Å². The van der Waals surface area contributed by atoms with Gasteiger partial charge in [-0.25, -0.2) is 4.98 Å². The van der Waals surface area contributed by atoms with E-state index in [1.54, 1.807) is 12.1 Å². The normalized spacial score (nSPS) is 21.0. The summed E-state index contributed by atoms with van der Waals surface area (Å²) in [6, 6.07) is 3.49. The molecule has 0 spiro atoms. The Kier molecular flexibility index (Phi) is 4.41. The van der Waals surface area contributed by atoms with Gasteiger partial charge in [0.25, 0.3) is 0 Å². The van der Waals surface area contributed by atoms with Gasteiger partial charge in [-0.2, -0.15) is 0 Å². The lowest BCUT2D eigenvalue weighted by Crippen LogP contribution is -2.22. The zero-order valence-electron chi connectivity index (χ0n) is 8.79. The average Bonchev–Trinajstić information content (AvgIpc) is 2.27. The van der Waals surface area contributed by atoms with Gasteiger partial charge in [0.15, 0.2) is 6.29 Å². The highest BCUT2D eigenvalue weighted by molar-refractivity contribution is 6.32. The molecule has 1 aliphatic rings. The van der Waals surface area contributed by atoms with Gasteiger partial charge in [0.1, 0.15) is 10.3 Å². The third-order valence-electron chi connectivity index (χ3n) is 2.40. The van der Waals surface area contributed by atoms with Crippen LogP contribution < -0.4 is 0 Å². The molecule has 1 saturated heterocycles. The fraction of sp³-hybridized carbons (Fsp3) is 0.545. The highest BCUT2D eigenvalue weighted by Gasteiger charge is 2.14. The molecule has 5 heteroatoms. The summed E-state index contributed by atoms with van der Waals surface area (Å²) in [5.74, 6) is 0. The molecular weight excluding hydrogens is 249 g/mol. The summed E-state index contributed by atoms with van der Waals surface area (Å²) in [6.45, 7) is 1.23. The number of hydrogen-bond acceptors (Lipinski definition) is 3. The van der Waals surface area contributed by atoms with Crippen LogP contribution in [-0.4, -0.2) is 17.9 Å². The highest BCUT2D eigenvalue weighted by atomic mass is 35.5. The molecule has 1 atom stereocenters. The predicted octanol–water partition coefficient (Wildman–Crippen LogP) is 3.43. The van der Waals surface area contributed by atoms with E-state index >= 15 is 0 Å². The topological polar surface area (TPSA) is 31.4 Å². The number of pyridine rings is 1. The van der Waals surface area contributed by atoms with Crippen LogP contribution in [0.15, 0.2) is 12.1 Å². The van der Waals surface area contributed by atoms with Gasteiger partial charge in [0, 0.05) is 6.61 Å². The van der Waals surface area contributed by atoms with Crippen LogP contribution in [0.5, 0.6) is 0 Å². The van der Waals surface area contributed by atoms with E-state index in [4.69, 9.17) is 32.7 Å². The number of aromatic nitrogens is 1. The molecule has 1 aromatic heterocycles. The minimum Gasteiger partial charge on any atom is -0.353 e. The number of rotatable bonds is 3. The second kappa shape index (κ2) is 5.82. The van der Waals surface area contributed by atoms with Gasteiger partial charge in [-0.3, -0.25) is 0 Å². The first-order chi connectivity index (χ1) is 7.74. The minimum absolute atomic E-state index is 0.0977. The van der Waals surface area contributed by atoms with Crippen molar-refractivity contribution in [3.8, 4) is 0 Å². The first-order valence-corrected chi connectivity index (χ1v) is 6.05. The Morgan fingerprint density at radius 1 is 1.31 bits per heavy atom. The van der Waals surface area contributed by atoms with Gasteiger partial charge >= 0.3 is 0 Å². The summed E-state index contributed by atoms with van der Waals surface area (Å²) >= 11 is 11.6. The summed E-state index contributed by atoms with van der Waals surface area (Å²) in [7, 11) is 0. The molecular formula is C11H13Cl2NO2. The van der Waals surface area contributed by atoms with Crippen molar-refractivity contribution >= 4 is 23.2 Å². The molecule has 0 radical (unpaired) electrons. The first kappa shape index (κ1) is 12.1. The van der Waals surface area contributed by atoms with E-state index in [0.717, 1.165) is 31.4 Å². The third kappa shape index (κ3) is 3.59. The van der Waals surface area contributed by atoms with Gasteiger partial charge < -0.3 is 9.47 Å². The molecule has 0 amide bonds. The smallest absolute Gasteiger partial charge is 0.158 e. The number of ether oxygens (including phenoxy) is 2. The van der Waals surface area contributed by atoms with Crippen molar-refractivity contribution in [1.29, 1.82) is 0 Å². The van der Waals surface area contributed by atoms with Gasteiger partial charge in [-0.05, 0) is 37.0 Å². The quantitative estimate of drug-likeness (QED) is 0.782. The molecule has 1 fully saturated rings. The Bertz CT molecular complexity index is 334. The zero-order valence-corrected chi connectivity index (χ0v) is 10.3. The molecule has 0 bridgehead atoms. The van der Waals surface area contributed by atoms with Crippen LogP contribution in [0.4, 0.5) is 0 Å². The molecule has 3 nitrogen and oxygen atoms in total. The van der Waals surface area contributed by atoms with Crippen LogP contribution in [0.1, 0.15) is 24.8 Å². The Morgan fingerprint density at radius 3 is 2.69 bits per heavy atom. The van der Waals surface area contributed by atoms with Crippen LogP contribution in [0.25, 0.3) is 0 Å². The molecule has 1 aromatic rings. The summed E-state index contributed by atoms with van der Waals surface area (Å²) in [6.07, 6.45) is 3.13. The molecule has 0 N–H and O–H groups in total. The molecule has 0 saturated carbocycles. The van der Waals surface area contributed by atoms with Crippen molar-refractivity contribution in [3.63, 3.8) is 0 Å². The molecule has 1 unspecified atom stereocenters. The van der Waals surface area contributed by atoms with Crippen LogP contribution in [0.2, 0.25) is 10.3 Å². The van der Waals surface area contributed by atoms with Gasteiger partial charge in [0.2, 0.25) is 0 Å². The Hall–Kier alpha value is -0.350. The van der Waals surface area contributed by atoms with Crippen LogP contribution in [0.3, 0.4) is 0 Å². The molecule has 88 valence electrons. The van der Waals surface area contributed by atoms with Gasteiger partial charge in [-0.15, -0.1) is 0 Å². The van der Waals surface area contributed by atoms with Crippen molar-refractivity contribution in [2.45, 2.75) is 32.2 Å². The van der Waals surface area contributed by atoms with E-state index in [0.29, 0.717) is 16.9 Å². The standard InChI is InChI=1S/C11H13Cl2NO2/c12-9-5-8(6-10(13)14-9)7-16-11-3-1-2-4-15-11/h5-6,11H,1-4,7H2. The number of halogens is 2. The Balaban J connectivity index is 1.88. The molecule has 1 aliphatic heterocycles. The molecule has 16 heavy (non-hydrogen) atoms. The largest absolute Gasteiger partial charge is 0.353 e. The third-order valence-corrected chi connectivity index (χ3v) is 2.78. The van der Waals surface area contributed by atoms with Crippen LogP contribution >= 0.6 is 23.2 Å². The van der Waals surface area contributed by atoms with Gasteiger partial charge in [-0.1, -0.05) is 23.2 Å².